The van der Waals surface area contributed by atoms with E-state index in [-0.39, 0.29) is 11.8 Å². The van der Waals surface area contributed by atoms with Crippen molar-refractivity contribution in [1.29, 1.82) is 0 Å². The molecular formula is C15H22N2O3. The van der Waals surface area contributed by atoms with Crippen molar-refractivity contribution in [3.05, 3.63) is 39.9 Å². The molecule has 0 aliphatic heterocycles. The minimum Gasteiger partial charge on any atom is -0.392 e. The Bertz CT molecular complexity index is 427. The van der Waals surface area contributed by atoms with Crippen molar-refractivity contribution in [3.63, 3.8) is 0 Å². The quantitative estimate of drug-likeness (QED) is 0.594. The van der Waals surface area contributed by atoms with Crippen molar-refractivity contribution in [1.82, 2.24) is 5.32 Å². The number of hydrogen-bond donors (Lipinski definition) is 2. The third-order valence-corrected chi connectivity index (χ3v) is 3.94. The number of non-ortho nitro benzene ring substituents is 1. The molecule has 5 nitrogen and oxygen atoms in total. The molecule has 0 spiro atoms. The predicted molar refractivity (Wildman–Crippen MR) is 77.4 cm³/mol. The zero-order valence-electron chi connectivity index (χ0n) is 11.6. The van der Waals surface area contributed by atoms with E-state index in [0.29, 0.717) is 19.0 Å². The summed E-state index contributed by atoms with van der Waals surface area (Å²) in [5, 5.41) is 23.7. The van der Waals surface area contributed by atoms with Crippen molar-refractivity contribution < 1.29 is 10.0 Å². The largest absolute Gasteiger partial charge is 0.392 e. The summed E-state index contributed by atoms with van der Waals surface area (Å²) in [6, 6.07) is 6.50. The zero-order chi connectivity index (χ0) is 14.4. The number of nitro benzene ring substituents is 1. The Balaban J connectivity index is 1.68. The number of nitrogens with one attached hydrogen (secondary N) is 1. The third-order valence-electron chi connectivity index (χ3n) is 3.94. The summed E-state index contributed by atoms with van der Waals surface area (Å²) in [6.45, 7) is 1.20. The molecule has 2 rings (SSSR count). The molecule has 20 heavy (non-hydrogen) atoms. The third kappa shape index (κ3) is 4.58. The van der Waals surface area contributed by atoms with Crippen LogP contribution in [0.15, 0.2) is 24.3 Å². The van der Waals surface area contributed by atoms with Gasteiger partial charge < -0.3 is 10.4 Å². The van der Waals surface area contributed by atoms with Gasteiger partial charge in [0.05, 0.1) is 11.0 Å². The van der Waals surface area contributed by atoms with Gasteiger partial charge in [0.15, 0.2) is 0 Å². The van der Waals surface area contributed by atoms with Gasteiger partial charge in [-0.25, -0.2) is 0 Å². The summed E-state index contributed by atoms with van der Waals surface area (Å²) in [4.78, 5) is 10.1. The Labute approximate surface area is 119 Å². The van der Waals surface area contributed by atoms with Gasteiger partial charge in [0.25, 0.3) is 5.69 Å². The number of benzene rings is 1. The van der Waals surface area contributed by atoms with Crippen LogP contribution in [0.4, 0.5) is 5.69 Å². The molecule has 0 saturated heterocycles. The Kier molecular flexibility index (Phi) is 5.49. The standard InChI is InChI=1S/C15H22N2O3/c18-15(9-12-3-1-2-4-12)11-16-10-13-5-7-14(8-6-13)17(19)20/h5-8,12,15-16,18H,1-4,9-11H2. The average Bonchev–Trinajstić information content (AvgIpc) is 2.92. The molecule has 1 aromatic rings. The van der Waals surface area contributed by atoms with E-state index in [2.05, 4.69) is 5.32 Å². The summed E-state index contributed by atoms with van der Waals surface area (Å²) in [6.07, 6.45) is 5.68. The van der Waals surface area contributed by atoms with E-state index in [0.717, 1.165) is 12.0 Å². The molecule has 1 aliphatic rings. The molecule has 0 amide bonds. The normalized spacial score (nSPS) is 17.2. The maximum absolute atomic E-state index is 10.5. The summed E-state index contributed by atoms with van der Waals surface area (Å²) in [7, 11) is 0. The number of nitrogens with zero attached hydrogens (tertiary/aromatic N) is 1. The molecule has 2 N–H and O–H groups in total. The molecule has 1 aliphatic carbocycles. The van der Waals surface area contributed by atoms with Crippen LogP contribution in [0.25, 0.3) is 0 Å². The lowest BCUT2D eigenvalue weighted by Gasteiger charge is -2.15. The maximum Gasteiger partial charge on any atom is 0.269 e. The molecule has 0 radical (unpaired) electrons. The van der Waals surface area contributed by atoms with Crippen LogP contribution in [-0.4, -0.2) is 22.7 Å². The van der Waals surface area contributed by atoms with Gasteiger partial charge in [-0.05, 0) is 17.9 Å². The summed E-state index contributed by atoms with van der Waals surface area (Å²) < 4.78 is 0. The molecule has 1 atom stereocenters. The molecular weight excluding hydrogens is 256 g/mol. The van der Waals surface area contributed by atoms with E-state index in [1.54, 1.807) is 12.1 Å². The average molecular weight is 278 g/mol. The Morgan fingerprint density at radius 1 is 1.30 bits per heavy atom. The van der Waals surface area contributed by atoms with E-state index in [1.165, 1.54) is 37.8 Å². The van der Waals surface area contributed by atoms with Gasteiger partial charge in [0.2, 0.25) is 0 Å². The fraction of sp³-hybridized carbons (Fsp3) is 0.600. The fourth-order valence-corrected chi connectivity index (χ4v) is 2.83. The SMILES string of the molecule is O=[N+]([O-])c1ccc(CNCC(O)CC2CCCC2)cc1. The molecule has 1 aromatic carbocycles. The zero-order valence-corrected chi connectivity index (χ0v) is 11.6. The number of aliphatic hydroxyl groups is 1. The number of hydrogen-bond acceptors (Lipinski definition) is 4. The van der Waals surface area contributed by atoms with Crippen molar-refractivity contribution in [2.75, 3.05) is 6.54 Å². The minimum atomic E-state index is -0.400. The molecule has 5 heteroatoms. The van der Waals surface area contributed by atoms with Crippen molar-refractivity contribution in [2.45, 2.75) is 44.8 Å². The first-order chi connectivity index (χ1) is 9.65. The maximum atomic E-state index is 10.5. The van der Waals surface area contributed by atoms with Crippen molar-refractivity contribution in [2.24, 2.45) is 5.92 Å². The summed E-state index contributed by atoms with van der Waals surface area (Å²) in [5.41, 5.74) is 1.10. The van der Waals surface area contributed by atoms with Gasteiger partial charge in [0.1, 0.15) is 0 Å². The predicted octanol–water partition coefficient (Wildman–Crippen LogP) is 2.63. The monoisotopic (exact) mass is 278 g/mol. The topological polar surface area (TPSA) is 75.4 Å². The van der Waals surface area contributed by atoms with Crippen molar-refractivity contribution in [3.8, 4) is 0 Å². The first-order valence-electron chi connectivity index (χ1n) is 7.27. The highest BCUT2D eigenvalue weighted by molar-refractivity contribution is 5.32. The van der Waals surface area contributed by atoms with Crippen LogP contribution >= 0.6 is 0 Å². The van der Waals surface area contributed by atoms with Crippen LogP contribution < -0.4 is 5.32 Å². The molecule has 0 heterocycles. The van der Waals surface area contributed by atoms with Crippen LogP contribution in [0, 0.1) is 16.0 Å². The van der Waals surface area contributed by atoms with E-state index < -0.39 is 4.92 Å². The molecule has 1 fully saturated rings. The Hall–Kier alpha value is -1.46. The van der Waals surface area contributed by atoms with Crippen LogP contribution in [0.5, 0.6) is 0 Å². The lowest BCUT2D eigenvalue weighted by Crippen LogP contribution is -2.27. The minimum absolute atomic E-state index is 0.106. The first-order valence-corrected chi connectivity index (χ1v) is 7.27. The van der Waals surface area contributed by atoms with Crippen LogP contribution in [0.2, 0.25) is 0 Å². The van der Waals surface area contributed by atoms with Gasteiger partial charge in [-0.15, -0.1) is 0 Å². The van der Waals surface area contributed by atoms with Gasteiger partial charge >= 0.3 is 0 Å². The Morgan fingerprint density at radius 3 is 2.55 bits per heavy atom. The first kappa shape index (κ1) is 14.9. The van der Waals surface area contributed by atoms with Crippen LogP contribution in [-0.2, 0) is 6.54 Å². The lowest BCUT2D eigenvalue weighted by molar-refractivity contribution is -0.384. The highest BCUT2D eigenvalue weighted by Gasteiger charge is 2.18. The smallest absolute Gasteiger partial charge is 0.269 e. The fourth-order valence-electron chi connectivity index (χ4n) is 2.83. The number of rotatable bonds is 7. The van der Waals surface area contributed by atoms with Gasteiger partial charge in [-0.3, -0.25) is 10.1 Å². The van der Waals surface area contributed by atoms with E-state index >= 15 is 0 Å². The van der Waals surface area contributed by atoms with Crippen LogP contribution in [0.1, 0.15) is 37.7 Å². The summed E-state index contributed by atoms with van der Waals surface area (Å²) in [5.74, 6) is 0.686. The highest BCUT2D eigenvalue weighted by Crippen LogP contribution is 2.28. The molecule has 110 valence electrons. The molecule has 0 aromatic heterocycles. The van der Waals surface area contributed by atoms with Gasteiger partial charge in [0, 0.05) is 25.2 Å². The molecule has 1 unspecified atom stereocenters. The van der Waals surface area contributed by atoms with E-state index in [9.17, 15) is 15.2 Å². The Morgan fingerprint density at radius 2 is 1.95 bits per heavy atom. The van der Waals surface area contributed by atoms with Gasteiger partial charge in [-0.1, -0.05) is 37.8 Å². The van der Waals surface area contributed by atoms with Crippen LogP contribution in [0.3, 0.4) is 0 Å². The van der Waals surface area contributed by atoms with Crippen molar-refractivity contribution >= 4 is 5.69 Å². The number of nitro groups is 1. The number of aliphatic hydroxyl groups excluding tert-OH is 1. The highest BCUT2D eigenvalue weighted by atomic mass is 16.6. The second-order valence-corrected chi connectivity index (χ2v) is 5.59. The van der Waals surface area contributed by atoms with Gasteiger partial charge in [-0.2, -0.15) is 0 Å². The second-order valence-electron chi connectivity index (χ2n) is 5.59. The van der Waals surface area contributed by atoms with E-state index in [1.807, 2.05) is 0 Å². The second kappa shape index (κ2) is 7.36. The summed E-state index contributed by atoms with van der Waals surface area (Å²) >= 11 is 0. The lowest BCUT2D eigenvalue weighted by atomic mass is 10.00. The molecule has 0 bridgehead atoms. The van der Waals surface area contributed by atoms with E-state index in [4.69, 9.17) is 0 Å². The molecule has 1 saturated carbocycles.